The fourth-order valence-electron chi connectivity index (χ4n) is 3.01. The third-order valence-corrected chi connectivity index (χ3v) is 4.59. The lowest BCUT2D eigenvalue weighted by Gasteiger charge is -2.13. The van der Waals surface area contributed by atoms with Gasteiger partial charge in [0.05, 0.1) is 7.11 Å². The van der Waals surface area contributed by atoms with Crippen molar-refractivity contribution in [2.45, 2.75) is 13.5 Å². The SMILES string of the molecule is COc1ccc(C(=O)Nc2ccc3c(c2)OCO3)cc1COc1ccc(C)cc1. The predicted molar refractivity (Wildman–Crippen MR) is 109 cm³/mol. The van der Waals surface area contributed by atoms with E-state index in [9.17, 15) is 4.79 Å². The quantitative estimate of drug-likeness (QED) is 0.667. The lowest BCUT2D eigenvalue weighted by Crippen LogP contribution is -2.12. The van der Waals surface area contributed by atoms with Crippen LogP contribution in [-0.2, 0) is 6.61 Å². The molecule has 0 aliphatic carbocycles. The number of anilines is 1. The second kappa shape index (κ2) is 8.14. The van der Waals surface area contributed by atoms with Gasteiger partial charge in [-0.15, -0.1) is 0 Å². The van der Waals surface area contributed by atoms with Gasteiger partial charge in [-0.05, 0) is 49.4 Å². The topological polar surface area (TPSA) is 66.0 Å². The normalized spacial score (nSPS) is 11.8. The van der Waals surface area contributed by atoms with E-state index >= 15 is 0 Å². The van der Waals surface area contributed by atoms with E-state index in [1.54, 1.807) is 43.5 Å². The van der Waals surface area contributed by atoms with Gasteiger partial charge < -0.3 is 24.3 Å². The maximum absolute atomic E-state index is 12.7. The van der Waals surface area contributed by atoms with E-state index in [4.69, 9.17) is 18.9 Å². The molecule has 6 nitrogen and oxygen atoms in total. The van der Waals surface area contributed by atoms with Crippen molar-refractivity contribution in [1.82, 2.24) is 0 Å². The monoisotopic (exact) mass is 391 g/mol. The summed E-state index contributed by atoms with van der Waals surface area (Å²) in [6, 6.07) is 18.3. The van der Waals surface area contributed by atoms with Gasteiger partial charge in [-0.25, -0.2) is 0 Å². The predicted octanol–water partition coefficient (Wildman–Crippen LogP) is 4.56. The van der Waals surface area contributed by atoms with Crippen LogP contribution >= 0.6 is 0 Å². The number of aryl methyl sites for hydroxylation is 1. The van der Waals surface area contributed by atoms with Crippen LogP contribution < -0.4 is 24.3 Å². The number of benzene rings is 3. The van der Waals surface area contributed by atoms with Crippen molar-refractivity contribution >= 4 is 11.6 Å². The number of ether oxygens (including phenoxy) is 4. The van der Waals surface area contributed by atoms with E-state index in [2.05, 4.69) is 5.32 Å². The zero-order valence-corrected chi connectivity index (χ0v) is 16.2. The van der Waals surface area contributed by atoms with Crippen LogP contribution in [0.3, 0.4) is 0 Å². The zero-order valence-electron chi connectivity index (χ0n) is 16.2. The molecule has 1 amide bonds. The Hall–Kier alpha value is -3.67. The molecule has 0 saturated heterocycles. The minimum Gasteiger partial charge on any atom is -0.496 e. The summed E-state index contributed by atoms with van der Waals surface area (Å²) in [7, 11) is 1.59. The number of fused-ring (bicyclic) bond motifs is 1. The molecule has 1 aliphatic rings. The van der Waals surface area contributed by atoms with Gasteiger partial charge in [-0.2, -0.15) is 0 Å². The maximum atomic E-state index is 12.7. The second-order valence-electron chi connectivity index (χ2n) is 6.65. The number of hydrogen-bond donors (Lipinski definition) is 1. The van der Waals surface area contributed by atoms with Crippen LogP contribution in [0.2, 0.25) is 0 Å². The first kappa shape index (κ1) is 18.7. The summed E-state index contributed by atoms with van der Waals surface area (Å²) in [6.07, 6.45) is 0. The number of rotatable bonds is 6. The molecule has 4 rings (SSSR count). The van der Waals surface area contributed by atoms with Gasteiger partial charge in [0.1, 0.15) is 18.1 Å². The van der Waals surface area contributed by atoms with Crippen LogP contribution in [0.4, 0.5) is 5.69 Å². The fourth-order valence-corrected chi connectivity index (χ4v) is 3.01. The smallest absolute Gasteiger partial charge is 0.255 e. The molecule has 0 radical (unpaired) electrons. The van der Waals surface area contributed by atoms with Gasteiger partial charge in [-0.1, -0.05) is 17.7 Å². The Morgan fingerprint density at radius 3 is 2.59 bits per heavy atom. The van der Waals surface area contributed by atoms with Crippen LogP contribution in [0.5, 0.6) is 23.0 Å². The largest absolute Gasteiger partial charge is 0.496 e. The number of hydrogen-bond acceptors (Lipinski definition) is 5. The molecule has 148 valence electrons. The molecule has 1 aliphatic heterocycles. The summed E-state index contributed by atoms with van der Waals surface area (Å²) in [5, 5.41) is 2.88. The molecule has 6 heteroatoms. The van der Waals surface area contributed by atoms with Crippen molar-refractivity contribution in [2.24, 2.45) is 0 Å². The summed E-state index contributed by atoms with van der Waals surface area (Å²) in [6.45, 7) is 2.50. The molecular weight excluding hydrogens is 370 g/mol. The van der Waals surface area contributed by atoms with Crippen molar-refractivity contribution < 1.29 is 23.7 Å². The summed E-state index contributed by atoms with van der Waals surface area (Å²) >= 11 is 0. The number of methoxy groups -OCH3 is 1. The minimum atomic E-state index is -0.233. The first-order valence-electron chi connectivity index (χ1n) is 9.20. The standard InChI is InChI=1S/C23H21NO5/c1-15-3-7-19(8-4-15)27-13-17-11-16(5-9-20(17)26-2)23(25)24-18-6-10-21-22(12-18)29-14-28-21/h3-12H,13-14H2,1-2H3,(H,24,25). The maximum Gasteiger partial charge on any atom is 0.255 e. The first-order valence-corrected chi connectivity index (χ1v) is 9.20. The molecule has 3 aromatic carbocycles. The van der Waals surface area contributed by atoms with E-state index in [0.717, 1.165) is 16.9 Å². The molecule has 0 saturated carbocycles. The third kappa shape index (κ3) is 4.27. The minimum absolute atomic E-state index is 0.190. The lowest BCUT2D eigenvalue weighted by atomic mass is 10.1. The van der Waals surface area contributed by atoms with Crippen LogP contribution in [0.15, 0.2) is 60.7 Å². The van der Waals surface area contributed by atoms with E-state index in [0.29, 0.717) is 28.5 Å². The fraction of sp³-hybridized carbons (Fsp3) is 0.174. The van der Waals surface area contributed by atoms with Crippen LogP contribution in [0.1, 0.15) is 21.5 Å². The number of amides is 1. The molecule has 3 aromatic rings. The Bertz CT molecular complexity index is 1030. The summed E-state index contributed by atoms with van der Waals surface area (Å²) in [4.78, 5) is 12.7. The molecule has 0 aromatic heterocycles. The van der Waals surface area contributed by atoms with Gasteiger partial charge in [-0.3, -0.25) is 4.79 Å². The Balaban J connectivity index is 1.49. The first-order chi connectivity index (χ1) is 14.1. The summed E-state index contributed by atoms with van der Waals surface area (Å²) in [5.74, 6) is 2.47. The summed E-state index contributed by atoms with van der Waals surface area (Å²) < 4.78 is 21.9. The highest BCUT2D eigenvalue weighted by Gasteiger charge is 2.16. The van der Waals surface area contributed by atoms with Crippen LogP contribution in [0, 0.1) is 6.92 Å². The highest BCUT2D eigenvalue weighted by atomic mass is 16.7. The van der Waals surface area contributed by atoms with Crippen molar-refractivity contribution in [3.8, 4) is 23.0 Å². The highest BCUT2D eigenvalue weighted by Crippen LogP contribution is 2.34. The van der Waals surface area contributed by atoms with Gasteiger partial charge in [0.15, 0.2) is 11.5 Å². The van der Waals surface area contributed by atoms with Crippen molar-refractivity contribution in [3.05, 3.63) is 77.4 Å². The number of carbonyl (C=O) groups excluding carboxylic acids is 1. The Morgan fingerprint density at radius 1 is 1.00 bits per heavy atom. The van der Waals surface area contributed by atoms with E-state index in [1.165, 1.54) is 0 Å². The van der Waals surface area contributed by atoms with Gasteiger partial charge in [0, 0.05) is 22.9 Å². The van der Waals surface area contributed by atoms with E-state index in [1.807, 2.05) is 31.2 Å². The summed E-state index contributed by atoms with van der Waals surface area (Å²) in [5.41, 5.74) is 3.09. The Morgan fingerprint density at radius 2 is 1.79 bits per heavy atom. The Kier molecular flexibility index (Phi) is 5.24. The average molecular weight is 391 g/mol. The van der Waals surface area contributed by atoms with Gasteiger partial charge in [0.25, 0.3) is 5.91 Å². The van der Waals surface area contributed by atoms with Crippen LogP contribution in [-0.4, -0.2) is 19.8 Å². The van der Waals surface area contributed by atoms with Crippen LogP contribution in [0.25, 0.3) is 0 Å². The van der Waals surface area contributed by atoms with E-state index in [-0.39, 0.29) is 19.3 Å². The molecular formula is C23H21NO5. The number of nitrogens with one attached hydrogen (secondary N) is 1. The van der Waals surface area contributed by atoms with Gasteiger partial charge in [0.2, 0.25) is 6.79 Å². The Labute approximate surface area is 169 Å². The van der Waals surface area contributed by atoms with Crippen molar-refractivity contribution in [3.63, 3.8) is 0 Å². The molecule has 0 bridgehead atoms. The second-order valence-corrected chi connectivity index (χ2v) is 6.65. The molecule has 1 N–H and O–H groups in total. The average Bonchev–Trinajstić information content (AvgIpc) is 3.21. The lowest BCUT2D eigenvalue weighted by molar-refractivity contribution is 0.102. The zero-order chi connectivity index (χ0) is 20.2. The van der Waals surface area contributed by atoms with Crippen molar-refractivity contribution in [1.29, 1.82) is 0 Å². The molecule has 0 atom stereocenters. The molecule has 1 heterocycles. The molecule has 0 unspecified atom stereocenters. The van der Waals surface area contributed by atoms with E-state index < -0.39 is 0 Å². The molecule has 29 heavy (non-hydrogen) atoms. The third-order valence-electron chi connectivity index (χ3n) is 4.59. The molecule has 0 spiro atoms. The van der Waals surface area contributed by atoms with Gasteiger partial charge >= 0.3 is 0 Å². The number of carbonyl (C=O) groups is 1. The molecule has 0 fully saturated rings. The highest BCUT2D eigenvalue weighted by molar-refractivity contribution is 6.04. The van der Waals surface area contributed by atoms with Crippen molar-refractivity contribution in [2.75, 3.05) is 19.2 Å².